The maximum absolute atomic E-state index is 9.54. The molecule has 1 aliphatic heterocycles. The minimum atomic E-state index is -0.524. The number of benzene rings is 2. The van der Waals surface area contributed by atoms with Crippen molar-refractivity contribution in [2.24, 2.45) is 0 Å². The van der Waals surface area contributed by atoms with E-state index in [0.717, 1.165) is 36.3 Å². The van der Waals surface area contributed by atoms with Gasteiger partial charge in [-0.3, -0.25) is 0 Å². The minimum absolute atomic E-state index is 0. The van der Waals surface area contributed by atoms with Gasteiger partial charge in [-0.15, -0.1) is 24.8 Å². The summed E-state index contributed by atoms with van der Waals surface area (Å²) in [5, 5.41) is 17.0. The summed E-state index contributed by atoms with van der Waals surface area (Å²) in [6.07, 6.45) is 2.41. The average Bonchev–Trinajstić information content (AvgIpc) is 2.73. The molecule has 2 N–H and O–H groups in total. The lowest BCUT2D eigenvalue weighted by molar-refractivity contribution is 0.237. The Morgan fingerprint density at radius 3 is 2.52 bits per heavy atom. The summed E-state index contributed by atoms with van der Waals surface area (Å²) in [7, 11) is 0. The highest BCUT2D eigenvalue weighted by atomic mass is 35.5. The fourth-order valence-corrected chi connectivity index (χ4v) is 3.90. The van der Waals surface area contributed by atoms with Gasteiger partial charge in [-0.25, -0.2) is 0 Å². The van der Waals surface area contributed by atoms with E-state index >= 15 is 0 Å². The van der Waals surface area contributed by atoms with Crippen molar-refractivity contribution in [2.75, 3.05) is 6.54 Å². The van der Waals surface area contributed by atoms with Gasteiger partial charge >= 0.3 is 0 Å². The molecule has 0 radical (unpaired) electrons. The quantitative estimate of drug-likeness (QED) is 0.552. The maximum atomic E-state index is 9.54. The van der Waals surface area contributed by atoms with Gasteiger partial charge in [0, 0.05) is 24.2 Å². The summed E-state index contributed by atoms with van der Waals surface area (Å²) < 4.78 is 6.06. The molecule has 0 aliphatic carbocycles. The van der Waals surface area contributed by atoms with Crippen molar-refractivity contribution >= 4 is 24.8 Å². The number of nitriles is 1. The summed E-state index contributed by atoms with van der Waals surface area (Å²) in [5.41, 5.74) is 2.93. The lowest BCUT2D eigenvalue weighted by Gasteiger charge is -2.34. The second kappa shape index (κ2) is 12.3. The third kappa shape index (κ3) is 7.12. The molecule has 1 aliphatic rings. The van der Waals surface area contributed by atoms with E-state index in [9.17, 15) is 5.26 Å². The molecule has 1 saturated heterocycles. The molecule has 1 fully saturated rings. The maximum Gasteiger partial charge on any atom is 0.124 e. The SMILES string of the molecule is CC(C)Oc1ccc(C(C)(C)C#N)cc1CN[C@H]1CCCN[C@H]1c1ccccc1.Cl.Cl. The van der Waals surface area contributed by atoms with E-state index in [2.05, 4.69) is 53.1 Å². The number of nitrogens with one attached hydrogen (secondary N) is 2. The standard InChI is InChI=1S/C25H33N3O.2ClH/c1-18(2)29-23-13-12-21(25(3,4)17-26)15-20(23)16-28-22-11-8-14-27-24(22)19-9-6-5-7-10-19;;/h5-7,9-10,12-13,15,18,22,24,27-28H,8,11,14,16H2,1-4H3;2*1H/t22-,24-;;/m0../s1. The van der Waals surface area contributed by atoms with Gasteiger partial charge in [-0.2, -0.15) is 5.26 Å². The Kier molecular flexibility index (Phi) is 10.8. The van der Waals surface area contributed by atoms with Gasteiger partial charge in [0.05, 0.1) is 17.6 Å². The first kappa shape index (κ1) is 27.3. The van der Waals surface area contributed by atoms with E-state index in [-0.39, 0.29) is 30.9 Å². The third-order valence-corrected chi connectivity index (χ3v) is 5.60. The highest BCUT2D eigenvalue weighted by Crippen LogP contribution is 2.30. The van der Waals surface area contributed by atoms with Crippen LogP contribution in [-0.4, -0.2) is 18.7 Å². The van der Waals surface area contributed by atoms with Gasteiger partial charge in [0.2, 0.25) is 0 Å². The van der Waals surface area contributed by atoms with Crippen LogP contribution in [0.3, 0.4) is 0 Å². The average molecular weight is 464 g/mol. The predicted octanol–water partition coefficient (Wildman–Crippen LogP) is 5.70. The van der Waals surface area contributed by atoms with Crippen molar-refractivity contribution in [3.63, 3.8) is 0 Å². The van der Waals surface area contributed by atoms with Gasteiger partial charge in [0.25, 0.3) is 0 Å². The van der Waals surface area contributed by atoms with Crippen molar-refractivity contribution in [2.45, 2.75) is 70.7 Å². The summed E-state index contributed by atoms with van der Waals surface area (Å²) in [4.78, 5) is 0. The number of halogens is 2. The molecule has 6 heteroatoms. The third-order valence-electron chi connectivity index (χ3n) is 5.60. The molecule has 2 aromatic rings. The van der Waals surface area contributed by atoms with Crippen molar-refractivity contribution in [3.05, 3.63) is 65.2 Å². The number of nitrogens with zero attached hydrogens (tertiary/aromatic N) is 1. The molecule has 0 saturated carbocycles. The minimum Gasteiger partial charge on any atom is -0.491 e. The Balaban J connectivity index is 0.00000240. The fraction of sp³-hybridized carbons (Fsp3) is 0.480. The zero-order valence-corrected chi connectivity index (χ0v) is 20.5. The number of hydrogen-bond acceptors (Lipinski definition) is 4. The fourth-order valence-electron chi connectivity index (χ4n) is 3.90. The van der Waals surface area contributed by atoms with Gasteiger partial charge in [0.1, 0.15) is 5.75 Å². The topological polar surface area (TPSA) is 57.1 Å². The van der Waals surface area contributed by atoms with E-state index in [1.165, 1.54) is 5.56 Å². The molecular formula is C25H35Cl2N3O. The Morgan fingerprint density at radius 1 is 1.16 bits per heavy atom. The molecule has 4 nitrogen and oxygen atoms in total. The van der Waals surface area contributed by atoms with Gasteiger partial charge in [-0.1, -0.05) is 36.4 Å². The summed E-state index contributed by atoms with van der Waals surface area (Å²) in [6, 6.07) is 19.9. The van der Waals surface area contributed by atoms with Gasteiger partial charge < -0.3 is 15.4 Å². The normalized spacial score (nSPS) is 18.5. The Labute approximate surface area is 199 Å². The molecule has 170 valence electrons. The molecule has 0 spiro atoms. The first-order valence-corrected chi connectivity index (χ1v) is 10.6. The second-order valence-electron chi connectivity index (χ2n) is 8.70. The lowest BCUT2D eigenvalue weighted by Crippen LogP contribution is -2.45. The highest BCUT2D eigenvalue weighted by Gasteiger charge is 2.26. The highest BCUT2D eigenvalue weighted by molar-refractivity contribution is 5.85. The largest absolute Gasteiger partial charge is 0.491 e. The molecule has 1 heterocycles. The summed E-state index contributed by atoms with van der Waals surface area (Å²) >= 11 is 0. The van der Waals surface area contributed by atoms with Crippen LogP contribution >= 0.6 is 24.8 Å². The molecule has 2 atom stereocenters. The lowest BCUT2D eigenvalue weighted by atomic mass is 9.85. The smallest absolute Gasteiger partial charge is 0.124 e. The molecule has 31 heavy (non-hydrogen) atoms. The van der Waals surface area contributed by atoms with Crippen LogP contribution in [0.15, 0.2) is 48.5 Å². The number of ether oxygens (including phenoxy) is 1. The van der Waals surface area contributed by atoms with E-state index < -0.39 is 5.41 Å². The molecule has 0 amide bonds. The second-order valence-corrected chi connectivity index (χ2v) is 8.70. The van der Waals surface area contributed by atoms with Crippen LogP contribution in [0.5, 0.6) is 5.75 Å². The monoisotopic (exact) mass is 463 g/mol. The Morgan fingerprint density at radius 2 is 1.87 bits per heavy atom. The molecule has 0 bridgehead atoms. The van der Waals surface area contributed by atoms with E-state index in [1.807, 2.05) is 39.8 Å². The van der Waals surface area contributed by atoms with Gasteiger partial charge in [0.15, 0.2) is 0 Å². The first-order chi connectivity index (χ1) is 13.9. The van der Waals surface area contributed by atoms with Crippen LogP contribution in [0.2, 0.25) is 0 Å². The zero-order chi connectivity index (χ0) is 20.9. The van der Waals surface area contributed by atoms with Crippen molar-refractivity contribution in [3.8, 4) is 11.8 Å². The molecule has 0 aromatic heterocycles. The van der Waals surface area contributed by atoms with Gasteiger partial charge in [-0.05, 0) is 70.3 Å². The van der Waals surface area contributed by atoms with Crippen molar-refractivity contribution < 1.29 is 4.74 Å². The van der Waals surface area contributed by atoms with Crippen LogP contribution in [-0.2, 0) is 12.0 Å². The predicted molar refractivity (Wildman–Crippen MR) is 132 cm³/mol. The van der Waals surface area contributed by atoms with Crippen molar-refractivity contribution in [1.82, 2.24) is 10.6 Å². The number of piperidine rings is 1. The van der Waals surface area contributed by atoms with Crippen molar-refractivity contribution in [1.29, 1.82) is 5.26 Å². The molecule has 2 aromatic carbocycles. The molecule has 0 unspecified atom stereocenters. The van der Waals surface area contributed by atoms with Crippen LogP contribution in [0.25, 0.3) is 0 Å². The van der Waals surface area contributed by atoms with Crippen LogP contribution in [0.4, 0.5) is 0 Å². The number of rotatable bonds is 7. The van der Waals surface area contributed by atoms with Crippen LogP contribution in [0.1, 0.15) is 63.3 Å². The number of hydrogen-bond donors (Lipinski definition) is 2. The van der Waals surface area contributed by atoms with Crippen LogP contribution < -0.4 is 15.4 Å². The summed E-state index contributed by atoms with van der Waals surface area (Å²) in [5.74, 6) is 0.894. The van der Waals surface area contributed by atoms with Crippen LogP contribution in [0, 0.1) is 11.3 Å². The van der Waals surface area contributed by atoms with E-state index in [1.54, 1.807) is 0 Å². The first-order valence-electron chi connectivity index (χ1n) is 10.6. The summed E-state index contributed by atoms with van der Waals surface area (Å²) in [6.45, 7) is 9.76. The Bertz CT molecular complexity index is 850. The zero-order valence-electron chi connectivity index (χ0n) is 18.9. The Hall–Kier alpha value is -1.77. The molecular weight excluding hydrogens is 429 g/mol. The van der Waals surface area contributed by atoms with E-state index in [4.69, 9.17) is 4.74 Å². The molecule has 3 rings (SSSR count). The van der Waals surface area contributed by atoms with E-state index in [0.29, 0.717) is 18.6 Å².